The summed E-state index contributed by atoms with van der Waals surface area (Å²) in [6.45, 7) is 4.22. The van der Waals surface area contributed by atoms with E-state index in [2.05, 4.69) is 12.2 Å². The van der Waals surface area contributed by atoms with Gasteiger partial charge in [-0.15, -0.1) is 0 Å². The van der Waals surface area contributed by atoms with Crippen LogP contribution in [0.1, 0.15) is 56.3 Å². The molecule has 0 saturated heterocycles. The lowest BCUT2D eigenvalue weighted by Gasteiger charge is -2.13. The molecule has 0 saturated carbocycles. The fraction of sp³-hybridized carbons (Fsp3) is 0.533. The van der Waals surface area contributed by atoms with Crippen molar-refractivity contribution in [2.24, 2.45) is 0 Å². The number of amides is 1. The van der Waals surface area contributed by atoms with E-state index in [4.69, 9.17) is 5.11 Å². The fourth-order valence-corrected chi connectivity index (χ4v) is 1.87. The molecule has 0 aliphatic rings. The van der Waals surface area contributed by atoms with Crippen molar-refractivity contribution in [1.82, 2.24) is 5.32 Å². The molecule has 0 heterocycles. The normalized spacial score (nSPS) is 12.1. The van der Waals surface area contributed by atoms with Gasteiger partial charge in [-0.05, 0) is 37.6 Å². The van der Waals surface area contributed by atoms with Gasteiger partial charge in [0.1, 0.15) is 5.75 Å². The molecule has 3 nitrogen and oxygen atoms in total. The molecule has 0 aliphatic carbocycles. The van der Waals surface area contributed by atoms with Gasteiger partial charge < -0.3 is 10.4 Å². The largest absolute Gasteiger partial charge is 0.508 e. The summed E-state index contributed by atoms with van der Waals surface area (Å²) >= 11 is 0. The number of nitrogens with one attached hydrogen (secondary N) is 1. The first kappa shape index (κ1) is 14.6. The predicted molar refractivity (Wildman–Crippen MR) is 73.8 cm³/mol. The van der Waals surface area contributed by atoms with Gasteiger partial charge in [-0.2, -0.15) is 0 Å². The fourth-order valence-electron chi connectivity index (χ4n) is 1.87. The molecule has 1 amide bonds. The maximum atomic E-state index is 11.9. The first-order chi connectivity index (χ1) is 8.63. The summed E-state index contributed by atoms with van der Waals surface area (Å²) in [7, 11) is 0. The minimum absolute atomic E-state index is 0.0713. The van der Waals surface area contributed by atoms with Crippen LogP contribution in [0.15, 0.2) is 24.3 Å². The van der Waals surface area contributed by atoms with Crippen LogP contribution in [0.5, 0.6) is 5.75 Å². The average Bonchev–Trinajstić information content (AvgIpc) is 2.35. The molecule has 0 radical (unpaired) electrons. The van der Waals surface area contributed by atoms with E-state index in [0.717, 1.165) is 12.8 Å². The molecule has 1 aromatic carbocycles. The van der Waals surface area contributed by atoms with Crippen molar-refractivity contribution < 1.29 is 9.90 Å². The molecule has 1 aromatic rings. The van der Waals surface area contributed by atoms with E-state index in [-0.39, 0.29) is 17.7 Å². The van der Waals surface area contributed by atoms with E-state index in [1.165, 1.54) is 31.4 Å². The molecule has 0 aliphatic heterocycles. The molecule has 1 unspecified atom stereocenters. The molecule has 0 bridgehead atoms. The second-order valence-corrected chi connectivity index (χ2v) is 4.77. The number of carbonyl (C=O) groups is 1. The molecule has 3 heteroatoms. The predicted octanol–water partition coefficient (Wildman–Crippen LogP) is 3.48. The topological polar surface area (TPSA) is 49.3 Å². The first-order valence-electron chi connectivity index (χ1n) is 6.73. The molecule has 1 rings (SSSR count). The summed E-state index contributed by atoms with van der Waals surface area (Å²) in [6.07, 6.45) is 5.90. The third kappa shape index (κ3) is 5.21. The first-order valence-corrected chi connectivity index (χ1v) is 6.73. The summed E-state index contributed by atoms with van der Waals surface area (Å²) in [4.78, 5) is 11.9. The van der Waals surface area contributed by atoms with Crippen LogP contribution in [0.25, 0.3) is 0 Å². The van der Waals surface area contributed by atoms with Gasteiger partial charge in [0.15, 0.2) is 0 Å². The molecular formula is C15H23NO2. The quantitative estimate of drug-likeness (QED) is 0.727. The lowest BCUT2D eigenvalue weighted by atomic mass is 10.1. The van der Waals surface area contributed by atoms with E-state index in [1.807, 2.05) is 6.92 Å². The van der Waals surface area contributed by atoms with Crippen molar-refractivity contribution in [1.29, 1.82) is 0 Å². The molecule has 0 fully saturated rings. The van der Waals surface area contributed by atoms with Crippen LogP contribution < -0.4 is 5.32 Å². The number of carbonyl (C=O) groups excluding carboxylic acids is 1. The summed E-state index contributed by atoms with van der Waals surface area (Å²) in [6, 6.07) is 6.52. The minimum Gasteiger partial charge on any atom is -0.508 e. The second kappa shape index (κ2) is 7.75. The van der Waals surface area contributed by atoms with Crippen LogP contribution in [0, 0.1) is 0 Å². The average molecular weight is 249 g/mol. The Labute approximate surface area is 109 Å². The number of aromatic hydroxyl groups is 1. The Morgan fingerprint density at radius 1 is 1.22 bits per heavy atom. The number of hydrogen-bond acceptors (Lipinski definition) is 2. The number of rotatable bonds is 7. The van der Waals surface area contributed by atoms with E-state index >= 15 is 0 Å². The summed E-state index contributed by atoms with van der Waals surface area (Å²) in [5.41, 5.74) is 0.591. The number of unbranched alkanes of at least 4 members (excludes halogenated alkanes) is 3. The number of benzene rings is 1. The van der Waals surface area contributed by atoms with Crippen molar-refractivity contribution >= 4 is 5.91 Å². The lowest BCUT2D eigenvalue weighted by molar-refractivity contribution is 0.0938. The highest BCUT2D eigenvalue weighted by Gasteiger charge is 2.09. The Hall–Kier alpha value is -1.51. The van der Waals surface area contributed by atoms with Crippen LogP contribution in [0.2, 0.25) is 0 Å². The number of phenols is 1. The van der Waals surface area contributed by atoms with Gasteiger partial charge in [-0.3, -0.25) is 4.79 Å². The zero-order chi connectivity index (χ0) is 13.4. The highest BCUT2D eigenvalue weighted by molar-refractivity contribution is 5.94. The Kier molecular flexibility index (Phi) is 6.26. The van der Waals surface area contributed by atoms with Gasteiger partial charge in [0.05, 0.1) is 0 Å². The second-order valence-electron chi connectivity index (χ2n) is 4.77. The third-order valence-corrected chi connectivity index (χ3v) is 3.00. The van der Waals surface area contributed by atoms with Crippen LogP contribution in [0.4, 0.5) is 0 Å². The van der Waals surface area contributed by atoms with Gasteiger partial charge in [0, 0.05) is 11.6 Å². The van der Waals surface area contributed by atoms with Crippen LogP contribution in [-0.2, 0) is 0 Å². The van der Waals surface area contributed by atoms with Crippen LogP contribution in [-0.4, -0.2) is 17.1 Å². The molecule has 0 aromatic heterocycles. The molecule has 100 valence electrons. The lowest BCUT2D eigenvalue weighted by Crippen LogP contribution is -2.32. The monoisotopic (exact) mass is 249 g/mol. The van der Waals surface area contributed by atoms with Gasteiger partial charge in [-0.25, -0.2) is 0 Å². The third-order valence-electron chi connectivity index (χ3n) is 3.00. The van der Waals surface area contributed by atoms with E-state index in [9.17, 15) is 4.79 Å². The Morgan fingerprint density at radius 3 is 2.50 bits per heavy atom. The highest BCUT2D eigenvalue weighted by Crippen LogP contribution is 2.10. The van der Waals surface area contributed by atoms with Crippen LogP contribution >= 0.6 is 0 Å². The molecular weight excluding hydrogens is 226 g/mol. The van der Waals surface area contributed by atoms with E-state index in [0.29, 0.717) is 5.56 Å². The van der Waals surface area contributed by atoms with Gasteiger partial charge >= 0.3 is 0 Å². The Morgan fingerprint density at radius 2 is 1.89 bits per heavy atom. The minimum atomic E-state index is -0.0713. The maximum Gasteiger partial charge on any atom is 0.251 e. The summed E-state index contributed by atoms with van der Waals surface area (Å²) in [5, 5.41) is 12.1. The Bertz CT molecular complexity index is 359. The molecule has 2 N–H and O–H groups in total. The summed E-state index contributed by atoms with van der Waals surface area (Å²) in [5.74, 6) is 0.108. The number of hydrogen-bond donors (Lipinski definition) is 2. The summed E-state index contributed by atoms with van der Waals surface area (Å²) < 4.78 is 0. The smallest absolute Gasteiger partial charge is 0.251 e. The number of phenolic OH excluding ortho intramolecular Hbond substituents is 1. The van der Waals surface area contributed by atoms with Gasteiger partial charge in [0.25, 0.3) is 5.91 Å². The van der Waals surface area contributed by atoms with Crippen molar-refractivity contribution in [2.75, 3.05) is 0 Å². The van der Waals surface area contributed by atoms with Crippen molar-refractivity contribution in [3.8, 4) is 5.75 Å². The van der Waals surface area contributed by atoms with E-state index in [1.54, 1.807) is 12.1 Å². The zero-order valence-electron chi connectivity index (χ0n) is 11.3. The van der Waals surface area contributed by atoms with Crippen molar-refractivity contribution in [2.45, 2.75) is 52.0 Å². The van der Waals surface area contributed by atoms with Crippen molar-refractivity contribution in [3.63, 3.8) is 0 Å². The van der Waals surface area contributed by atoms with Gasteiger partial charge in [0.2, 0.25) is 0 Å². The van der Waals surface area contributed by atoms with Gasteiger partial charge in [-0.1, -0.05) is 32.6 Å². The standard InChI is InChI=1S/C15H23NO2/c1-3-4-5-6-7-12(2)16-15(18)13-8-10-14(17)11-9-13/h8-12,17H,3-7H2,1-2H3,(H,16,18). The molecule has 0 spiro atoms. The Balaban J connectivity index is 2.33. The van der Waals surface area contributed by atoms with E-state index < -0.39 is 0 Å². The molecule has 1 atom stereocenters. The van der Waals surface area contributed by atoms with Crippen molar-refractivity contribution in [3.05, 3.63) is 29.8 Å². The molecule has 18 heavy (non-hydrogen) atoms. The SMILES string of the molecule is CCCCCCC(C)NC(=O)c1ccc(O)cc1. The maximum absolute atomic E-state index is 11.9. The highest BCUT2D eigenvalue weighted by atomic mass is 16.3. The zero-order valence-corrected chi connectivity index (χ0v) is 11.3. The van der Waals surface area contributed by atoms with Crippen LogP contribution in [0.3, 0.4) is 0 Å².